The van der Waals surface area contributed by atoms with Crippen LogP contribution in [0.5, 0.6) is 0 Å². The minimum Gasteiger partial charge on any atom is -0.307 e. The third-order valence-corrected chi connectivity index (χ3v) is 4.37. The van der Waals surface area contributed by atoms with Crippen LogP contribution in [-0.2, 0) is 0 Å². The summed E-state index contributed by atoms with van der Waals surface area (Å²) in [4.78, 5) is 0. The highest BCUT2D eigenvalue weighted by Crippen LogP contribution is 2.38. The number of halogens is 1. The maximum Gasteiger partial charge on any atom is 0.123 e. The highest BCUT2D eigenvalue weighted by atomic mass is 19.1. The molecule has 3 unspecified atom stereocenters. The number of benzene rings is 1. The largest absolute Gasteiger partial charge is 0.307 e. The Kier molecular flexibility index (Phi) is 2.91. The smallest absolute Gasteiger partial charge is 0.123 e. The Bertz CT molecular complexity index is 395. The van der Waals surface area contributed by atoms with Gasteiger partial charge >= 0.3 is 0 Å². The van der Waals surface area contributed by atoms with Gasteiger partial charge < -0.3 is 5.32 Å². The van der Waals surface area contributed by atoms with Crippen molar-refractivity contribution in [3.63, 3.8) is 0 Å². The van der Waals surface area contributed by atoms with Gasteiger partial charge in [-0.25, -0.2) is 4.39 Å². The third-order valence-electron chi connectivity index (χ3n) is 4.37. The number of aryl methyl sites for hydroxylation is 1. The summed E-state index contributed by atoms with van der Waals surface area (Å²) in [5.41, 5.74) is 2.16. The molecule has 0 spiro atoms. The molecular weight excluding hydrogens is 213 g/mol. The lowest BCUT2D eigenvalue weighted by atomic mass is 9.86. The van der Waals surface area contributed by atoms with E-state index < -0.39 is 0 Å². The number of piperidine rings is 1. The molecule has 0 aromatic heterocycles. The molecule has 1 aromatic rings. The Morgan fingerprint density at radius 3 is 2.82 bits per heavy atom. The fourth-order valence-corrected chi connectivity index (χ4v) is 3.55. The Balaban J connectivity index is 1.80. The van der Waals surface area contributed by atoms with Gasteiger partial charge in [-0.1, -0.05) is 12.5 Å². The maximum absolute atomic E-state index is 13.4. The van der Waals surface area contributed by atoms with Crippen LogP contribution in [0.3, 0.4) is 0 Å². The number of nitrogens with one attached hydrogen (secondary N) is 1. The van der Waals surface area contributed by atoms with Crippen molar-refractivity contribution in [3.05, 3.63) is 35.1 Å². The van der Waals surface area contributed by atoms with E-state index >= 15 is 0 Å². The average Bonchev–Trinajstić information content (AvgIpc) is 2.74. The number of fused-ring (bicyclic) bond motifs is 1. The molecule has 3 atom stereocenters. The lowest BCUT2D eigenvalue weighted by Crippen LogP contribution is -2.40. The second-order valence-corrected chi connectivity index (χ2v) is 5.66. The fraction of sp³-hybridized carbons (Fsp3) is 0.600. The maximum atomic E-state index is 13.4. The SMILES string of the molecule is Cc1cc(F)cc(C2CCC3CCCC3N2)c1. The number of hydrogen-bond donors (Lipinski definition) is 1. The molecule has 2 aliphatic rings. The van der Waals surface area contributed by atoms with Crippen LogP contribution in [0.1, 0.15) is 49.3 Å². The quantitative estimate of drug-likeness (QED) is 0.779. The molecule has 0 radical (unpaired) electrons. The Hall–Kier alpha value is -0.890. The van der Waals surface area contributed by atoms with Gasteiger partial charge in [-0.3, -0.25) is 0 Å². The van der Waals surface area contributed by atoms with E-state index in [0.717, 1.165) is 23.5 Å². The Morgan fingerprint density at radius 2 is 2.00 bits per heavy atom. The van der Waals surface area contributed by atoms with Crippen molar-refractivity contribution in [3.8, 4) is 0 Å². The summed E-state index contributed by atoms with van der Waals surface area (Å²) in [6.07, 6.45) is 6.50. The molecule has 1 aliphatic heterocycles. The molecule has 92 valence electrons. The van der Waals surface area contributed by atoms with E-state index in [4.69, 9.17) is 0 Å². The van der Waals surface area contributed by atoms with Gasteiger partial charge in [0.1, 0.15) is 5.82 Å². The van der Waals surface area contributed by atoms with Gasteiger partial charge in [0.05, 0.1) is 0 Å². The lowest BCUT2D eigenvalue weighted by molar-refractivity contribution is 0.261. The van der Waals surface area contributed by atoms with E-state index in [-0.39, 0.29) is 5.82 Å². The van der Waals surface area contributed by atoms with Gasteiger partial charge in [0.2, 0.25) is 0 Å². The van der Waals surface area contributed by atoms with E-state index in [2.05, 4.69) is 11.4 Å². The summed E-state index contributed by atoms with van der Waals surface area (Å²) in [5, 5.41) is 3.72. The molecule has 1 saturated carbocycles. The molecule has 1 heterocycles. The van der Waals surface area contributed by atoms with Crippen molar-refractivity contribution in [2.45, 2.75) is 51.1 Å². The lowest BCUT2D eigenvalue weighted by Gasteiger charge is -2.34. The van der Waals surface area contributed by atoms with Crippen LogP contribution in [0.25, 0.3) is 0 Å². The van der Waals surface area contributed by atoms with Gasteiger partial charge in [0, 0.05) is 12.1 Å². The van der Waals surface area contributed by atoms with E-state index in [9.17, 15) is 4.39 Å². The molecule has 17 heavy (non-hydrogen) atoms. The molecule has 1 aromatic carbocycles. The van der Waals surface area contributed by atoms with Crippen LogP contribution in [0.2, 0.25) is 0 Å². The van der Waals surface area contributed by atoms with E-state index in [1.165, 1.54) is 25.7 Å². The van der Waals surface area contributed by atoms with Crippen LogP contribution >= 0.6 is 0 Å². The molecule has 1 N–H and O–H groups in total. The summed E-state index contributed by atoms with van der Waals surface area (Å²) in [6, 6.07) is 6.46. The summed E-state index contributed by atoms with van der Waals surface area (Å²) < 4.78 is 13.4. The third kappa shape index (κ3) is 2.23. The zero-order chi connectivity index (χ0) is 11.8. The van der Waals surface area contributed by atoms with Crippen LogP contribution in [0.4, 0.5) is 4.39 Å². The van der Waals surface area contributed by atoms with Crippen LogP contribution < -0.4 is 5.32 Å². The number of rotatable bonds is 1. The first-order valence-corrected chi connectivity index (χ1v) is 6.75. The first kappa shape index (κ1) is 11.2. The van der Waals surface area contributed by atoms with Crippen molar-refractivity contribution in [1.29, 1.82) is 0 Å². The Morgan fingerprint density at radius 1 is 1.12 bits per heavy atom. The van der Waals surface area contributed by atoms with E-state index in [1.807, 2.05) is 6.92 Å². The average molecular weight is 233 g/mol. The fourth-order valence-electron chi connectivity index (χ4n) is 3.55. The molecule has 2 heteroatoms. The standard InChI is InChI=1S/C15H20FN/c1-10-7-12(9-13(16)8-10)15-6-5-11-3-2-4-14(11)17-15/h7-9,11,14-15,17H,2-6H2,1H3. The van der Waals surface area contributed by atoms with Crippen molar-refractivity contribution in [2.75, 3.05) is 0 Å². The molecule has 1 saturated heterocycles. The molecule has 0 amide bonds. The first-order chi connectivity index (χ1) is 8.22. The minimum absolute atomic E-state index is 0.102. The van der Waals surface area contributed by atoms with Crippen molar-refractivity contribution in [1.82, 2.24) is 5.32 Å². The monoisotopic (exact) mass is 233 g/mol. The van der Waals surface area contributed by atoms with Crippen molar-refractivity contribution in [2.24, 2.45) is 5.92 Å². The molecule has 1 aliphatic carbocycles. The van der Waals surface area contributed by atoms with Crippen LogP contribution in [0, 0.1) is 18.7 Å². The highest BCUT2D eigenvalue weighted by Gasteiger charge is 2.33. The van der Waals surface area contributed by atoms with Crippen LogP contribution in [0.15, 0.2) is 18.2 Å². The second-order valence-electron chi connectivity index (χ2n) is 5.66. The van der Waals surface area contributed by atoms with Gasteiger partial charge in [0.15, 0.2) is 0 Å². The van der Waals surface area contributed by atoms with Crippen LogP contribution in [-0.4, -0.2) is 6.04 Å². The summed E-state index contributed by atoms with van der Waals surface area (Å²) in [6.45, 7) is 1.97. The minimum atomic E-state index is -0.102. The summed E-state index contributed by atoms with van der Waals surface area (Å²) >= 11 is 0. The molecule has 3 rings (SSSR count). The summed E-state index contributed by atoms with van der Waals surface area (Å²) in [7, 11) is 0. The first-order valence-electron chi connectivity index (χ1n) is 6.75. The van der Waals surface area contributed by atoms with Crippen molar-refractivity contribution >= 4 is 0 Å². The highest BCUT2D eigenvalue weighted by molar-refractivity contribution is 5.27. The predicted molar refractivity (Wildman–Crippen MR) is 67.4 cm³/mol. The molecular formula is C15H20FN. The summed E-state index contributed by atoms with van der Waals surface area (Å²) in [5.74, 6) is 0.774. The van der Waals surface area contributed by atoms with Gasteiger partial charge in [0.25, 0.3) is 0 Å². The molecule has 0 bridgehead atoms. The van der Waals surface area contributed by atoms with E-state index in [1.54, 1.807) is 12.1 Å². The predicted octanol–water partition coefficient (Wildman–Crippen LogP) is 3.73. The van der Waals surface area contributed by atoms with Gasteiger partial charge in [-0.2, -0.15) is 0 Å². The normalized spacial score (nSPS) is 32.5. The molecule has 1 nitrogen and oxygen atoms in total. The number of hydrogen-bond acceptors (Lipinski definition) is 1. The van der Waals surface area contributed by atoms with Gasteiger partial charge in [-0.05, 0) is 61.8 Å². The zero-order valence-electron chi connectivity index (χ0n) is 10.4. The second kappa shape index (κ2) is 4.41. The Labute approximate surface area is 102 Å². The zero-order valence-corrected chi connectivity index (χ0v) is 10.4. The van der Waals surface area contributed by atoms with Gasteiger partial charge in [-0.15, -0.1) is 0 Å². The van der Waals surface area contributed by atoms with Crippen molar-refractivity contribution < 1.29 is 4.39 Å². The van der Waals surface area contributed by atoms with E-state index in [0.29, 0.717) is 12.1 Å². The molecule has 2 fully saturated rings. The topological polar surface area (TPSA) is 12.0 Å².